The van der Waals surface area contributed by atoms with Crippen LogP contribution in [-0.2, 0) is 9.59 Å². The maximum Gasteiger partial charge on any atom is 0.471 e. The normalized spacial score (nSPS) is 12.7. The molecule has 1 aromatic rings. The first kappa shape index (κ1) is 15.6. The van der Waals surface area contributed by atoms with Crippen LogP contribution in [0.2, 0.25) is 0 Å². The predicted octanol–water partition coefficient (Wildman–Crippen LogP) is 2.88. The summed E-state index contributed by atoms with van der Waals surface area (Å²) >= 11 is 0. The molecule has 0 fully saturated rings. The fourth-order valence-electron chi connectivity index (χ4n) is 1.12. The van der Waals surface area contributed by atoms with Crippen molar-refractivity contribution >= 4 is 23.4 Å². The van der Waals surface area contributed by atoms with Crippen molar-refractivity contribution in [1.29, 1.82) is 0 Å². The van der Waals surface area contributed by atoms with Crippen molar-refractivity contribution in [3.8, 4) is 0 Å². The molecule has 0 heterocycles. The van der Waals surface area contributed by atoms with Crippen molar-refractivity contribution in [2.45, 2.75) is 6.18 Å². The van der Waals surface area contributed by atoms with Crippen LogP contribution < -0.4 is 5.32 Å². The van der Waals surface area contributed by atoms with Gasteiger partial charge in [0.15, 0.2) is 5.83 Å². The Kier molecular flexibility index (Phi) is 4.43. The van der Waals surface area contributed by atoms with Gasteiger partial charge in [-0.25, -0.2) is 9.18 Å². The van der Waals surface area contributed by atoms with Crippen molar-refractivity contribution < 1.29 is 36.6 Å². The molecule has 0 atom stereocenters. The molecule has 20 heavy (non-hydrogen) atoms. The molecule has 1 aromatic carbocycles. The Hall–Kier alpha value is -2.45. The van der Waals surface area contributed by atoms with Gasteiger partial charge in [0.1, 0.15) is 0 Å². The van der Waals surface area contributed by atoms with Gasteiger partial charge in [0.2, 0.25) is 5.83 Å². The number of carbonyl (C=O) groups is 2. The summed E-state index contributed by atoms with van der Waals surface area (Å²) in [5.74, 6) is -8.04. The lowest BCUT2D eigenvalue weighted by Crippen LogP contribution is -2.29. The van der Waals surface area contributed by atoms with Crippen LogP contribution >= 0.6 is 0 Å². The van der Waals surface area contributed by atoms with E-state index in [-0.39, 0.29) is 5.69 Å². The number of carboxylic acids is 1. The van der Waals surface area contributed by atoms with Crippen molar-refractivity contribution in [2.24, 2.45) is 0 Å². The van der Waals surface area contributed by atoms with Crippen molar-refractivity contribution in [3.05, 3.63) is 35.7 Å². The third-order valence-corrected chi connectivity index (χ3v) is 2.03. The molecule has 0 aliphatic rings. The zero-order valence-corrected chi connectivity index (χ0v) is 9.46. The number of nitrogens with one attached hydrogen (secondary N) is 1. The minimum absolute atomic E-state index is 0.306. The van der Waals surface area contributed by atoms with Gasteiger partial charge in [-0.2, -0.15) is 17.6 Å². The fourth-order valence-corrected chi connectivity index (χ4v) is 1.12. The average Bonchev–Trinajstić information content (AvgIpc) is 2.36. The van der Waals surface area contributed by atoms with Gasteiger partial charge in [-0.05, 0) is 24.3 Å². The third kappa shape index (κ3) is 3.77. The van der Waals surface area contributed by atoms with Gasteiger partial charge in [-0.15, -0.1) is 0 Å². The van der Waals surface area contributed by atoms with Crippen molar-refractivity contribution in [1.82, 2.24) is 0 Å². The van der Waals surface area contributed by atoms with E-state index in [9.17, 15) is 31.5 Å². The quantitative estimate of drug-likeness (QED) is 0.665. The molecule has 108 valence electrons. The van der Waals surface area contributed by atoms with Crippen LogP contribution in [0.25, 0.3) is 5.83 Å². The summed E-state index contributed by atoms with van der Waals surface area (Å²) in [6.45, 7) is 0. The summed E-state index contributed by atoms with van der Waals surface area (Å²) in [4.78, 5) is 20.8. The highest BCUT2D eigenvalue weighted by atomic mass is 19.4. The second kappa shape index (κ2) is 5.68. The number of hydrogen-bond donors (Lipinski definition) is 2. The largest absolute Gasteiger partial charge is 0.476 e. The molecule has 1 rings (SSSR count). The minimum atomic E-state index is -5.08. The standard InChI is InChI=1S/C11H6F5NO3/c12-7(8(13)9(18)19)5-1-3-6(4-2-5)17-10(20)11(14,15)16/h1-4H,(H,17,20)(H,18,19). The average molecular weight is 295 g/mol. The zero-order chi connectivity index (χ0) is 15.5. The topological polar surface area (TPSA) is 66.4 Å². The van der Waals surface area contributed by atoms with Gasteiger partial charge < -0.3 is 10.4 Å². The molecule has 0 saturated carbocycles. The Bertz CT molecular complexity index is 562. The maximum atomic E-state index is 13.2. The van der Waals surface area contributed by atoms with E-state index in [4.69, 9.17) is 5.11 Å². The van der Waals surface area contributed by atoms with Crippen LogP contribution in [0.4, 0.5) is 27.6 Å². The van der Waals surface area contributed by atoms with Crippen molar-refractivity contribution in [3.63, 3.8) is 0 Å². The molecular weight excluding hydrogens is 289 g/mol. The Morgan fingerprint density at radius 3 is 1.95 bits per heavy atom. The molecule has 0 aliphatic heterocycles. The Labute approximate surface area is 108 Å². The van der Waals surface area contributed by atoms with Crippen LogP contribution in [0, 0.1) is 0 Å². The molecule has 2 N–H and O–H groups in total. The summed E-state index contributed by atoms with van der Waals surface area (Å²) in [6, 6.07) is 3.38. The van der Waals surface area contributed by atoms with E-state index in [1.54, 1.807) is 0 Å². The summed E-state index contributed by atoms with van der Waals surface area (Å²) in [7, 11) is 0. The van der Waals surface area contributed by atoms with E-state index in [1.807, 2.05) is 0 Å². The van der Waals surface area contributed by atoms with Gasteiger partial charge in [0.05, 0.1) is 0 Å². The first-order chi connectivity index (χ1) is 9.12. The number of benzene rings is 1. The maximum absolute atomic E-state index is 13.2. The van der Waals surface area contributed by atoms with Crippen molar-refractivity contribution in [2.75, 3.05) is 5.32 Å². The third-order valence-electron chi connectivity index (χ3n) is 2.03. The Morgan fingerprint density at radius 1 is 1.05 bits per heavy atom. The van der Waals surface area contributed by atoms with E-state index in [1.165, 1.54) is 5.32 Å². The molecule has 0 bridgehead atoms. The minimum Gasteiger partial charge on any atom is -0.476 e. The zero-order valence-electron chi connectivity index (χ0n) is 9.46. The summed E-state index contributed by atoms with van der Waals surface area (Å²) in [6.07, 6.45) is -5.08. The van der Waals surface area contributed by atoms with Crippen LogP contribution in [-0.4, -0.2) is 23.2 Å². The van der Waals surface area contributed by atoms with Gasteiger partial charge >= 0.3 is 18.1 Å². The van der Waals surface area contributed by atoms with Gasteiger partial charge in [-0.3, -0.25) is 4.79 Å². The number of amides is 1. The van der Waals surface area contributed by atoms with E-state index in [0.717, 1.165) is 24.3 Å². The molecule has 1 amide bonds. The highest BCUT2D eigenvalue weighted by Crippen LogP contribution is 2.24. The fraction of sp³-hybridized carbons (Fsp3) is 0.0909. The van der Waals surface area contributed by atoms with E-state index in [2.05, 4.69) is 0 Å². The molecule has 0 aromatic heterocycles. The molecule has 0 aliphatic carbocycles. The SMILES string of the molecule is O=C(O)C(F)=C(F)c1ccc(NC(=O)C(F)(F)F)cc1. The van der Waals surface area contributed by atoms with Crippen LogP contribution in [0.5, 0.6) is 0 Å². The first-order valence-electron chi connectivity index (χ1n) is 4.90. The number of hydrogen-bond acceptors (Lipinski definition) is 2. The number of aliphatic carboxylic acids is 1. The number of anilines is 1. The molecule has 0 saturated heterocycles. The highest BCUT2D eigenvalue weighted by molar-refractivity contribution is 5.95. The lowest BCUT2D eigenvalue weighted by molar-refractivity contribution is -0.167. The second-order valence-electron chi connectivity index (χ2n) is 3.46. The molecule has 9 heteroatoms. The highest BCUT2D eigenvalue weighted by Gasteiger charge is 2.38. The monoisotopic (exact) mass is 295 g/mol. The molecule has 0 unspecified atom stereocenters. The number of rotatable bonds is 3. The number of halogens is 5. The lowest BCUT2D eigenvalue weighted by Gasteiger charge is -2.08. The molecular formula is C11H6F5NO3. The van der Waals surface area contributed by atoms with Gasteiger partial charge in [0, 0.05) is 11.3 Å². The van der Waals surface area contributed by atoms with E-state index in [0.29, 0.717) is 0 Å². The van der Waals surface area contributed by atoms with Gasteiger partial charge in [-0.1, -0.05) is 0 Å². The predicted molar refractivity (Wildman–Crippen MR) is 57.9 cm³/mol. The number of alkyl halides is 3. The lowest BCUT2D eigenvalue weighted by atomic mass is 10.1. The summed E-state index contributed by atoms with van der Waals surface area (Å²) in [5.41, 5.74) is -0.797. The van der Waals surface area contributed by atoms with Crippen LogP contribution in [0.15, 0.2) is 30.1 Å². The smallest absolute Gasteiger partial charge is 0.471 e. The summed E-state index contributed by atoms with van der Waals surface area (Å²) < 4.78 is 61.8. The summed E-state index contributed by atoms with van der Waals surface area (Å²) in [5, 5.41) is 9.71. The van der Waals surface area contributed by atoms with Gasteiger partial charge in [0.25, 0.3) is 0 Å². The Morgan fingerprint density at radius 2 is 1.55 bits per heavy atom. The molecule has 4 nitrogen and oxygen atoms in total. The van der Waals surface area contributed by atoms with Crippen LogP contribution in [0.1, 0.15) is 5.56 Å². The second-order valence-corrected chi connectivity index (χ2v) is 3.46. The van der Waals surface area contributed by atoms with E-state index >= 15 is 0 Å². The number of carboxylic acid groups (broad SMARTS) is 1. The molecule has 0 spiro atoms. The van der Waals surface area contributed by atoms with Crippen LogP contribution in [0.3, 0.4) is 0 Å². The molecule has 0 radical (unpaired) electrons. The first-order valence-corrected chi connectivity index (χ1v) is 4.90. The van der Waals surface area contributed by atoms with E-state index < -0.39 is 35.3 Å². The Balaban J connectivity index is 2.93. The number of carbonyl (C=O) groups excluding carboxylic acids is 1.